The van der Waals surface area contributed by atoms with E-state index < -0.39 is 0 Å². The molecule has 148 valence electrons. The summed E-state index contributed by atoms with van der Waals surface area (Å²) < 4.78 is 11.5. The Balaban J connectivity index is 1.40. The molecule has 0 radical (unpaired) electrons. The third-order valence-corrected chi connectivity index (χ3v) is 6.37. The van der Waals surface area contributed by atoms with Crippen LogP contribution in [0.2, 0.25) is 0 Å². The van der Waals surface area contributed by atoms with E-state index in [0.29, 0.717) is 6.61 Å². The molecule has 1 aromatic heterocycles. The normalized spacial score (nSPS) is 25.2. The number of benzene rings is 1. The van der Waals surface area contributed by atoms with Crippen LogP contribution in [-0.4, -0.2) is 60.9 Å². The molecule has 2 saturated heterocycles. The van der Waals surface area contributed by atoms with Gasteiger partial charge in [0.2, 0.25) is 5.95 Å². The van der Waals surface area contributed by atoms with E-state index in [1.165, 1.54) is 16.8 Å². The second-order valence-corrected chi connectivity index (χ2v) is 8.30. The lowest BCUT2D eigenvalue weighted by molar-refractivity contribution is 0.0502. The molecule has 1 spiro atoms. The van der Waals surface area contributed by atoms with Gasteiger partial charge >= 0.3 is 0 Å². The van der Waals surface area contributed by atoms with E-state index in [1.807, 2.05) is 6.20 Å². The molecule has 0 amide bonds. The van der Waals surface area contributed by atoms with E-state index >= 15 is 0 Å². The van der Waals surface area contributed by atoms with Crippen LogP contribution in [0.4, 0.5) is 5.95 Å². The molecule has 28 heavy (non-hydrogen) atoms. The third-order valence-electron chi connectivity index (χ3n) is 6.37. The molecule has 0 aliphatic carbocycles. The number of fused-ring (bicyclic) bond motifs is 2. The van der Waals surface area contributed by atoms with Crippen LogP contribution in [-0.2, 0) is 28.0 Å². The van der Waals surface area contributed by atoms with Gasteiger partial charge in [-0.15, -0.1) is 0 Å². The van der Waals surface area contributed by atoms with E-state index in [4.69, 9.17) is 14.5 Å². The Bertz CT molecular complexity index is 852. The summed E-state index contributed by atoms with van der Waals surface area (Å²) in [6, 6.07) is 8.68. The molecule has 0 N–H and O–H groups in total. The number of morpholine rings is 1. The van der Waals surface area contributed by atoms with Gasteiger partial charge in [-0.1, -0.05) is 24.3 Å². The van der Waals surface area contributed by atoms with Crippen molar-refractivity contribution in [3.8, 4) is 0 Å². The molecule has 5 rings (SSSR count). The van der Waals surface area contributed by atoms with Crippen molar-refractivity contribution in [1.29, 1.82) is 0 Å². The van der Waals surface area contributed by atoms with Crippen molar-refractivity contribution in [2.75, 3.05) is 50.9 Å². The molecule has 4 heterocycles. The van der Waals surface area contributed by atoms with Crippen molar-refractivity contribution in [3.63, 3.8) is 0 Å². The standard InChI is InChI=1S/C22H28N4O2/c1-17-4-2-3-5-18(17)13-25-7-6-22(15-25)16-28-14-19-12-23-21(24-20(19)22)26-8-10-27-11-9-26/h2-5,12H,6-11,13-16H2,1H3. The molecule has 0 bridgehead atoms. The van der Waals surface area contributed by atoms with Crippen LogP contribution in [0.3, 0.4) is 0 Å². The van der Waals surface area contributed by atoms with Crippen LogP contribution in [0.5, 0.6) is 0 Å². The summed E-state index contributed by atoms with van der Waals surface area (Å²) in [5.74, 6) is 0.848. The quantitative estimate of drug-likeness (QED) is 0.814. The highest BCUT2D eigenvalue weighted by Gasteiger charge is 2.45. The fourth-order valence-electron chi connectivity index (χ4n) is 4.74. The summed E-state index contributed by atoms with van der Waals surface area (Å²) in [5.41, 5.74) is 5.12. The van der Waals surface area contributed by atoms with E-state index in [2.05, 4.69) is 46.0 Å². The molecule has 2 fully saturated rings. The van der Waals surface area contributed by atoms with Gasteiger partial charge in [-0.25, -0.2) is 9.97 Å². The minimum absolute atomic E-state index is 0.0136. The zero-order chi connectivity index (χ0) is 19.0. The highest BCUT2D eigenvalue weighted by molar-refractivity contribution is 5.39. The molecule has 3 aliphatic heterocycles. The van der Waals surface area contributed by atoms with Crippen LogP contribution in [0, 0.1) is 6.92 Å². The van der Waals surface area contributed by atoms with Crippen molar-refractivity contribution in [2.24, 2.45) is 0 Å². The second kappa shape index (κ2) is 7.43. The molecule has 1 atom stereocenters. The lowest BCUT2D eigenvalue weighted by atomic mass is 9.80. The Labute approximate surface area is 166 Å². The van der Waals surface area contributed by atoms with Crippen LogP contribution in [0.1, 0.15) is 28.8 Å². The number of rotatable bonds is 3. The maximum atomic E-state index is 6.00. The number of hydrogen-bond acceptors (Lipinski definition) is 6. The van der Waals surface area contributed by atoms with Gasteiger partial charge in [0.05, 0.1) is 37.5 Å². The topological polar surface area (TPSA) is 50.7 Å². The van der Waals surface area contributed by atoms with Crippen molar-refractivity contribution in [2.45, 2.75) is 31.9 Å². The van der Waals surface area contributed by atoms with Crippen LogP contribution < -0.4 is 4.90 Å². The third kappa shape index (κ3) is 3.30. The van der Waals surface area contributed by atoms with E-state index in [0.717, 1.165) is 70.5 Å². The summed E-state index contributed by atoms with van der Waals surface area (Å²) in [6.07, 6.45) is 3.07. The Kier molecular flexibility index (Phi) is 4.78. The minimum atomic E-state index is -0.0136. The maximum Gasteiger partial charge on any atom is 0.225 e. The Morgan fingerprint density at radius 2 is 1.96 bits per heavy atom. The van der Waals surface area contributed by atoms with Crippen molar-refractivity contribution >= 4 is 5.95 Å². The average Bonchev–Trinajstić information content (AvgIpc) is 3.14. The molecule has 3 aliphatic rings. The predicted octanol–water partition coefficient (Wildman–Crippen LogP) is 2.30. The number of likely N-dealkylation sites (tertiary alicyclic amines) is 1. The van der Waals surface area contributed by atoms with Gasteiger partial charge < -0.3 is 14.4 Å². The summed E-state index contributed by atoms with van der Waals surface area (Å²) >= 11 is 0. The summed E-state index contributed by atoms with van der Waals surface area (Å²) in [4.78, 5) is 14.5. The first-order valence-electron chi connectivity index (χ1n) is 10.3. The zero-order valence-electron chi connectivity index (χ0n) is 16.6. The van der Waals surface area contributed by atoms with Gasteiger partial charge in [-0.05, 0) is 31.0 Å². The van der Waals surface area contributed by atoms with Crippen molar-refractivity contribution < 1.29 is 9.47 Å². The van der Waals surface area contributed by atoms with Gasteiger partial charge in [0.25, 0.3) is 0 Å². The van der Waals surface area contributed by atoms with Gasteiger partial charge in [-0.3, -0.25) is 4.90 Å². The Morgan fingerprint density at radius 1 is 1.11 bits per heavy atom. The molecular weight excluding hydrogens is 352 g/mol. The van der Waals surface area contributed by atoms with E-state index in [9.17, 15) is 0 Å². The van der Waals surface area contributed by atoms with Crippen LogP contribution in [0.15, 0.2) is 30.5 Å². The van der Waals surface area contributed by atoms with E-state index in [1.54, 1.807) is 0 Å². The van der Waals surface area contributed by atoms with Crippen molar-refractivity contribution in [3.05, 3.63) is 52.8 Å². The molecule has 1 unspecified atom stereocenters. The molecular formula is C22H28N4O2. The highest BCUT2D eigenvalue weighted by atomic mass is 16.5. The number of aryl methyl sites for hydroxylation is 1. The molecule has 0 saturated carbocycles. The largest absolute Gasteiger partial charge is 0.378 e. The molecule has 6 heteroatoms. The van der Waals surface area contributed by atoms with Crippen LogP contribution in [0.25, 0.3) is 0 Å². The lowest BCUT2D eigenvalue weighted by Gasteiger charge is -2.36. The zero-order valence-corrected chi connectivity index (χ0v) is 16.6. The SMILES string of the molecule is Cc1ccccc1CN1CCC2(COCc3cnc(N4CCOCC4)nc32)C1. The highest BCUT2D eigenvalue weighted by Crippen LogP contribution is 2.40. The number of anilines is 1. The number of nitrogens with zero attached hydrogens (tertiary/aromatic N) is 4. The maximum absolute atomic E-state index is 6.00. The number of ether oxygens (including phenoxy) is 2. The monoisotopic (exact) mass is 380 g/mol. The fourth-order valence-corrected chi connectivity index (χ4v) is 4.74. The van der Waals surface area contributed by atoms with E-state index in [-0.39, 0.29) is 5.41 Å². The minimum Gasteiger partial charge on any atom is -0.378 e. The summed E-state index contributed by atoms with van der Waals surface area (Å²) in [6.45, 7) is 9.86. The smallest absolute Gasteiger partial charge is 0.225 e. The van der Waals surface area contributed by atoms with Crippen LogP contribution >= 0.6 is 0 Å². The van der Waals surface area contributed by atoms with Gasteiger partial charge in [0.15, 0.2) is 0 Å². The molecule has 6 nitrogen and oxygen atoms in total. The van der Waals surface area contributed by atoms with Gasteiger partial charge in [0.1, 0.15) is 0 Å². The molecule has 2 aromatic rings. The predicted molar refractivity (Wildman–Crippen MR) is 107 cm³/mol. The Morgan fingerprint density at radius 3 is 2.82 bits per heavy atom. The van der Waals surface area contributed by atoms with Gasteiger partial charge in [0, 0.05) is 37.9 Å². The fraction of sp³-hybridized carbons (Fsp3) is 0.545. The Hall–Kier alpha value is -2.02. The first kappa shape index (κ1) is 18.0. The number of aromatic nitrogens is 2. The van der Waals surface area contributed by atoms with Crippen molar-refractivity contribution in [1.82, 2.24) is 14.9 Å². The lowest BCUT2D eigenvalue weighted by Crippen LogP contribution is -2.42. The summed E-state index contributed by atoms with van der Waals surface area (Å²) in [7, 11) is 0. The number of hydrogen-bond donors (Lipinski definition) is 0. The first-order chi connectivity index (χ1) is 13.7. The average molecular weight is 380 g/mol. The summed E-state index contributed by atoms with van der Waals surface area (Å²) in [5, 5.41) is 0. The second-order valence-electron chi connectivity index (χ2n) is 8.30. The molecule has 1 aromatic carbocycles. The first-order valence-corrected chi connectivity index (χ1v) is 10.3. The van der Waals surface area contributed by atoms with Gasteiger partial charge in [-0.2, -0.15) is 0 Å².